The molecular formula is C15H16N4O. The molecule has 20 heavy (non-hydrogen) atoms. The van der Waals surface area contributed by atoms with Crippen molar-refractivity contribution in [3.05, 3.63) is 53.6 Å². The molecule has 0 aliphatic carbocycles. The molecule has 0 unspecified atom stereocenters. The third-order valence-corrected chi connectivity index (χ3v) is 3.04. The van der Waals surface area contributed by atoms with E-state index in [2.05, 4.69) is 16.4 Å². The number of benzene rings is 1. The minimum Gasteiger partial charge on any atom is -0.355 e. The van der Waals surface area contributed by atoms with E-state index < -0.39 is 0 Å². The Labute approximate surface area is 117 Å². The number of aromatic nitrogens is 2. The number of nitrogens with one attached hydrogen (secondary N) is 1. The Kier molecular flexibility index (Phi) is 4.51. The summed E-state index contributed by atoms with van der Waals surface area (Å²) >= 11 is 0. The van der Waals surface area contributed by atoms with Gasteiger partial charge in [0.1, 0.15) is 5.82 Å². The summed E-state index contributed by atoms with van der Waals surface area (Å²) in [6, 6.07) is 9.10. The molecule has 0 saturated heterocycles. The molecule has 5 nitrogen and oxygen atoms in total. The molecule has 1 heterocycles. The van der Waals surface area contributed by atoms with Crippen molar-refractivity contribution in [2.75, 3.05) is 6.54 Å². The smallest absolute Gasteiger partial charge is 0.224 e. The topological polar surface area (TPSA) is 70.7 Å². The van der Waals surface area contributed by atoms with Gasteiger partial charge in [-0.1, -0.05) is 12.1 Å². The van der Waals surface area contributed by atoms with Gasteiger partial charge in [-0.3, -0.25) is 4.79 Å². The SMILES string of the molecule is Cn1ccnc1CCNC(=O)Cc1ccc(C#N)cc1. The van der Waals surface area contributed by atoms with Gasteiger partial charge in [0.15, 0.2) is 0 Å². The van der Waals surface area contributed by atoms with Gasteiger partial charge >= 0.3 is 0 Å². The van der Waals surface area contributed by atoms with E-state index in [4.69, 9.17) is 5.26 Å². The summed E-state index contributed by atoms with van der Waals surface area (Å²) in [5.41, 5.74) is 1.50. The van der Waals surface area contributed by atoms with Gasteiger partial charge in [-0.25, -0.2) is 4.98 Å². The largest absolute Gasteiger partial charge is 0.355 e. The van der Waals surface area contributed by atoms with Gasteiger partial charge in [-0.2, -0.15) is 5.26 Å². The standard InChI is InChI=1S/C15H16N4O/c1-19-9-8-17-14(19)6-7-18-15(20)10-12-2-4-13(11-16)5-3-12/h2-5,8-9H,6-7,10H2,1H3,(H,18,20). The van der Waals surface area contributed by atoms with E-state index in [1.807, 2.05) is 17.8 Å². The van der Waals surface area contributed by atoms with Crippen LogP contribution in [0, 0.1) is 11.3 Å². The van der Waals surface area contributed by atoms with Crippen molar-refractivity contribution in [3.63, 3.8) is 0 Å². The van der Waals surface area contributed by atoms with E-state index in [1.165, 1.54) is 0 Å². The third kappa shape index (κ3) is 3.69. The van der Waals surface area contributed by atoms with Crippen molar-refractivity contribution in [1.29, 1.82) is 5.26 Å². The summed E-state index contributed by atoms with van der Waals surface area (Å²) in [5.74, 6) is 0.924. The lowest BCUT2D eigenvalue weighted by atomic mass is 10.1. The maximum absolute atomic E-state index is 11.8. The van der Waals surface area contributed by atoms with Crippen LogP contribution in [0.1, 0.15) is 17.0 Å². The predicted molar refractivity (Wildman–Crippen MR) is 74.8 cm³/mol. The molecule has 5 heteroatoms. The van der Waals surface area contributed by atoms with Crippen molar-refractivity contribution < 1.29 is 4.79 Å². The van der Waals surface area contributed by atoms with Gasteiger partial charge in [-0.15, -0.1) is 0 Å². The van der Waals surface area contributed by atoms with Crippen LogP contribution in [0.4, 0.5) is 0 Å². The summed E-state index contributed by atoms with van der Waals surface area (Å²) in [4.78, 5) is 16.0. The average Bonchev–Trinajstić information content (AvgIpc) is 2.85. The van der Waals surface area contributed by atoms with Gasteiger partial charge in [0.25, 0.3) is 0 Å². The molecule has 0 aliphatic heterocycles. The zero-order valence-corrected chi connectivity index (χ0v) is 11.3. The second kappa shape index (κ2) is 6.53. The Bertz CT molecular complexity index is 622. The monoisotopic (exact) mass is 268 g/mol. The summed E-state index contributed by atoms with van der Waals surface area (Å²) in [7, 11) is 1.93. The van der Waals surface area contributed by atoms with E-state index in [9.17, 15) is 4.79 Å². The molecule has 1 aromatic heterocycles. The van der Waals surface area contributed by atoms with Crippen LogP contribution in [0.2, 0.25) is 0 Å². The quantitative estimate of drug-likeness (QED) is 0.885. The summed E-state index contributed by atoms with van der Waals surface area (Å²) in [6.07, 6.45) is 4.66. The first-order chi connectivity index (χ1) is 9.69. The Morgan fingerprint density at radius 1 is 1.40 bits per heavy atom. The van der Waals surface area contributed by atoms with E-state index >= 15 is 0 Å². The zero-order valence-electron chi connectivity index (χ0n) is 11.3. The Hall–Kier alpha value is -2.61. The first-order valence-corrected chi connectivity index (χ1v) is 6.41. The van der Waals surface area contributed by atoms with Gasteiger partial charge < -0.3 is 9.88 Å². The van der Waals surface area contributed by atoms with Crippen LogP contribution in [0.25, 0.3) is 0 Å². The highest BCUT2D eigenvalue weighted by molar-refractivity contribution is 5.78. The summed E-state index contributed by atoms with van der Waals surface area (Å²) < 4.78 is 1.94. The van der Waals surface area contributed by atoms with Crippen molar-refractivity contribution in [2.24, 2.45) is 7.05 Å². The highest BCUT2D eigenvalue weighted by Gasteiger charge is 2.04. The molecule has 1 N–H and O–H groups in total. The van der Waals surface area contributed by atoms with E-state index in [0.29, 0.717) is 24.9 Å². The Morgan fingerprint density at radius 2 is 2.15 bits per heavy atom. The molecule has 0 spiro atoms. The molecule has 2 rings (SSSR count). The molecule has 0 radical (unpaired) electrons. The van der Waals surface area contributed by atoms with Gasteiger partial charge in [0, 0.05) is 32.4 Å². The molecule has 0 fully saturated rings. The molecule has 0 atom stereocenters. The average molecular weight is 268 g/mol. The van der Waals surface area contributed by atoms with Crippen LogP contribution in [0.3, 0.4) is 0 Å². The number of nitriles is 1. The lowest BCUT2D eigenvalue weighted by Gasteiger charge is -2.05. The number of hydrogen-bond acceptors (Lipinski definition) is 3. The maximum atomic E-state index is 11.8. The molecule has 0 bridgehead atoms. The number of nitrogens with zero attached hydrogens (tertiary/aromatic N) is 3. The number of hydrogen-bond donors (Lipinski definition) is 1. The summed E-state index contributed by atoms with van der Waals surface area (Å²) in [5, 5.41) is 11.6. The minimum absolute atomic E-state index is 0.0242. The molecule has 0 saturated carbocycles. The number of carbonyl (C=O) groups excluding carboxylic acids is 1. The second-order valence-corrected chi connectivity index (χ2v) is 4.54. The lowest BCUT2D eigenvalue weighted by Crippen LogP contribution is -2.27. The van der Waals surface area contributed by atoms with Crippen molar-refractivity contribution in [3.8, 4) is 6.07 Å². The maximum Gasteiger partial charge on any atom is 0.224 e. The molecule has 1 amide bonds. The van der Waals surface area contributed by atoms with Crippen LogP contribution in [-0.2, 0) is 24.7 Å². The van der Waals surface area contributed by atoms with Crippen molar-refractivity contribution >= 4 is 5.91 Å². The molecule has 2 aromatic rings. The minimum atomic E-state index is -0.0242. The second-order valence-electron chi connectivity index (χ2n) is 4.54. The first-order valence-electron chi connectivity index (χ1n) is 6.41. The Morgan fingerprint density at radius 3 is 2.75 bits per heavy atom. The first kappa shape index (κ1) is 13.8. The van der Waals surface area contributed by atoms with E-state index in [0.717, 1.165) is 11.4 Å². The zero-order chi connectivity index (χ0) is 14.4. The molecule has 0 aliphatic rings. The van der Waals surface area contributed by atoms with E-state index in [-0.39, 0.29) is 5.91 Å². The van der Waals surface area contributed by atoms with Crippen LogP contribution in [0.5, 0.6) is 0 Å². The van der Waals surface area contributed by atoms with E-state index in [1.54, 1.807) is 30.5 Å². The number of amides is 1. The number of aryl methyl sites for hydroxylation is 1. The van der Waals surface area contributed by atoms with Crippen molar-refractivity contribution in [1.82, 2.24) is 14.9 Å². The predicted octanol–water partition coefficient (Wildman–Crippen LogP) is 1.19. The normalized spacial score (nSPS) is 10.0. The fraction of sp³-hybridized carbons (Fsp3) is 0.267. The Balaban J connectivity index is 1.78. The third-order valence-electron chi connectivity index (χ3n) is 3.04. The fourth-order valence-corrected chi connectivity index (χ4v) is 1.90. The van der Waals surface area contributed by atoms with Gasteiger partial charge in [-0.05, 0) is 17.7 Å². The fourth-order valence-electron chi connectivity index (χ4n) is 1.90. The summed E-state index contributed by atoms with van der Waals surface area (Å²) in [6.45, 7) is 0.569. The van der Waals surface area contributed by atoms with Gasteiger partial charge in [0.2, 0.25) is 5.91 Å². The number of imidazole rings is 1. The van der Waals surface area contributed by atoms with Crippen LogP contribution < -0.4 is 5.32 Å². The molecule has 1 aromatic carbocycles. The van der Waals surface area contributed by atoms with Crippen molar-refractivity contribution in [2.45, 2.75) is 12.8 Å². The van der Waals surface area contributed by atoms with Crippen LogP contribution in [0.15, 0.2) is 36.7 Å². The van der Waals surface area contributed by atoms with Crippen LogP contribution >= 0.6 is 0 Å². The number of rotatable bonds is 5. The highest BCUT2D eigenvalue weighted by Crippen LogP contribution is 2.04. The molecule has 102 valence electrons. The lowest BCUT2D eigenvalue weighted by molar-refractivity contribution is -0.120. The van der Waals surface area contributed by atoms with Gasteiger partial charge in [0.05, 0.1) is 18.1 Å². The molecular weight excluding hydrogens is 252 g/mol. The highest BCUT2D eigenvalue weighted by atomic mass is 16.1. The van der Waals surface area contributed by atoms with Crippen LogP contribution in [-0.4, -0.2) is 22.0 Å². The number of carbonyl (C=O) groups is 1.